The molecule has 8 heteroatoms. The topological polar surface area (TPSA) is 64.4 Å². The minimum Gasteiger partial charge on any atom is -0.377 e. The molecule has 31 heavy (non-hydrogen) atoms. The number of nitrogens with zero attached hydrogens (tertiary/aromatic N) is 3. The first kappa shape index (κ1) is 21.7. The van der Waals surface area contributed by atoms with Crippen molar-refractivity contribution in [2.75, 3.05) is 13.2 Å². The Balaban J connectivity index is 1.60. The molecule has 0 bridgehead atoms. The summed E-state index contributed by atoms with van der Waals surface area (Å²) in [7, 11) is -3.73. The van der Waals surface area contributed by atoms with Crippen LogP contribution in [0.1, 0.15) is 29.8 Å². The molecule has 1 aromatic heterocycles. The molecule has 1 fully saturated rings. The van der Waals surface area contributed by atoms with Gasteiger partial charge in [-0.05, 0) is 49.6 Å². The highest BCUT2D eigenvalue weighted by Gasteiger charge is 2.30. The fourth-order valence-corrected chi connectivity index (χ4v) is 5.13. The number of halogens is 1. The van der Waals surface area contributed by atoms with Gasteiger partial charge in [0.15, 0.2) is 0 Å². The van der Waals surface area contributed by atoms with E-state index in [1.165, 1.54) is 16.4 Å². The molecule has 3 aromatic rings. The zero-order valence-electron chi connectivity index (χ0n) is 17.4. The summed E-state index contributed by atoms with van der Waals surface area (Å²) >= 11 is 0. The Morgan fingerprint density at radius 1 is 1.16 bits per heavy atom. The number of benzene rings is 2. The first-order valence-electron chi connectivity index (χ1n) is 10.3. The predicted octanol–water partition coefficient (Wildman–Crippen LogP) is 3.75. The van der Waals surface area contributed by atoms with Crippen LogP contribution < -0.4 is 0 Å². The maximum atomic E-state index is 13.5. The van der Waals surface area contributed by atoms with Gasteiger partial charge in [-0.1, -0.05) is 29.8 Å². The second-order valence-corrected chi connectivity index (χ2v) is 9.78. The number of ether oxygens (including phenoxy) is 1. The van der Waals surface area contributed by atoms with Crippen LogP contribution >= 0.6 is 0 Å². The molecule has 164 valence electrons. The Kier molecular flexibility index (Phi) is 6.50. The molecule has 1 unspecified atom stereocenters. The lowest BCUT2D eigenvalue weighted by Crippen LogP contribution is -2.37. The van der Waals surface area contributed by atoms with E-state index in [2.05, 4.69) is 4.98 Å². The van der Waals surface area contributed by atoms with E-state index in [9.17, 15) is 12.8 Å². The van der Waals surface area contributed by atoms with Crippen molar-refractivity contribution in [2.24, 2.45) is 0 Å². The Labute approximate surface area is 182 Å². The van der Waals surface area contributed by atoms with E-state index in [-0.39, 0.29) is 29.9 Å². The number of rotatable bonds is 8. The third kappa shape index (κ3) is 5.20. The summed E-state index contributed by atoms with van der Waals surface area (Å²) < 4.78 is 49.2. The van der Waals surface area contributed by atoms with Crippen LogP contribution in [0.15, 0.2) is 65.8 Å². The molecule has 4 rings (SSSR count). The largest absolute Gasteiger partial charge is 0.377 e. The molecule has 0 amide bonds. The van der Waals surface area contributed by atoms with Gasteiger partial charge in [-0.15, -0.1) is 0 Å². The molecule has 1 saturated heterocycles. The van der Waals surface area contributed by atoms with Crippen LogP contribution in [0.3, 0.4) is 0 Å². The maximum Gasteiger partial charge on any atom is 0.243 e. The van der Waals surface area contributed by atoms with Crippen molar-refractivity contribution in [2.45, 2.75) is 43.9 Å². The summed E-state index contributed by atoms with van der Waals surface area (Å²) in [6, 6.07) is 13.1. The van der Waals surface area contributed by atoms with Crippen LogP contribution in [0.5, 0.6) is 0 Å². The van der Waals surface area contributed by atoms with Gasteiger partial charge in [0.1, 0.15) is 11.6 Å². The van der Waals surface area contributed by atoms with Crippen molar-refractivity contribution in [3.8, 4) is 0 Å². The van der Waals surface area contributed by atoms with Gasteiger partial charge in [0.25, 0.3) is 0 Å². The van der Waals surface area contributed by atoms with Crippen molar-refractivity contribution >= 4 is 10.0 Å². The Hall–Kier alpha value is -2.55. The molecule has 1 aliphatic heterocycles. The standard InChI is InChI=1S/C23H26FN3O3S/c1-18-4-10-22(11-5-18)31(28,29)27(16-21-3-2-14-30-21)17-23-25-12-13-26(23)15-19-6-8-20(24)9-7-19/h4-13,21H,2-3,14-17H2,1H3. The monoisotopic (exact) mass is 443 g/mol. The Morgan fingerprint density at radius 3 is 2.58 bits per heavy atom. The number of aryl methyl sites for hydroxylation is 1. The lowest BCUT2D eigenvalue weighted by molar-refractivity contribution is 0.0920. The van der Waals surface area contributed by atoms with Gasteiger partial charge in [-0.2, -0.15) is 4.31 Å². The molecular formula is C23H26FN3O3S. The first-order chi connectivity index (χ1) is 14.9. The van der Waals surface area contributed by atoms with Gasteiger partial charge in [0, 0.05) is 32.1 Å². The Morgan fingerprint density at radius 2 is 1.90 bits per heavy atom. The normalized spacial score (nSPS) is 16.8. The summed E-state index contributed by atoms with van der Waals surface area (Å²) in [5.41, 5.74) is 1.91. The zero-order valence-corrected chi connectivity index (χ0v) is 18.3. The number of sulfonamides is 1. The van der Waals surface area contributed by atoms with Crippen LogP contribution in [0.25, 0.3) is 0 Å². The van der Waals surface area contributed by atoms with Crippen molar-refractivity contribution in [1.29, 1.82) is 0 Å². The number of hydrogen-bond acceptors (Lipinski definition) is 4. The molecular weight excluding hydrogens is 417 g/mol. The summed E-state index contributed by atoms with van der Waals surface area (Å²) in [6.45, 7) is 3.47. The lowest BCUT2D eigenvalue weighted by Gasteiger charge is -2.25. The summed E-state index contributed by atoms with van der Waals surface area (Å²) in [5, 5.41) is 0. The SMILES string of the molecule is Cc1ccc(S(=O)(=O)N(Cc2nccn2Cc2ccc(F)cc2)CC2CCCO2)cc1. The molecule has 1 atom stereocenters. The molecule has 2 heterocycles. The molecule has 0 radical (unpaired) electrons. The van der Waals surface area contributed by atoms with E-state index in [1.807, 2.05) is 11.5 Å². The third-order valence-electron chi connectivity index (χ3n) is 5.48. The van der Waals surface area contributed by atoms with Gasteiger partial charge in [0.2, 0.25) is 10.0 Å². The van der Waals surface area contributed by atoms with E-state index in [4.69, 9.17) is 4.74 Å². The van der Waals surface area contributed by atoms with Crippen LogP contribution in [0.2, 0.25) is 0 Å². The summed E-state index contributed by atoms with van der Waals surface area (Å²) in [6.07, 6.45) is 5.11. The van der Waals surface area contributed by atoms with Gasteiger partial charge >= 0.3 is 0 Å². The minimum atomic E-state index is -3.73. The fraction of sp³-hybridized carbons (Fsp3) is 0.348. The zero-order chi connectivity index (χ0) is 21.8. The first-order valence-corrected chi connectivity index (χ1v) is 11.8. The molecule has 1 aliphatic rings. The number of hydrogen-bond donors (Lipinski definition) is 0. The summed E-state index contributed by atoms with van der Waals surface area (Å²) in [4.78, 5) is 4.66. The smallest absolute Gasteiger partial charge is 0.243 e. The molecule has 0 spiro atoms. The summed E-state index contributed by atoms with van der Waals surface area (Å²) in [5.74, 6) is 0.333. The van der Waals surface area contributed by atoms with Gasteiger partial charge in [-0.25, -0.2) is 17.8 Å². The second kappa shape index (κ2) is 9.30. The average Bonchev–Trinajstić information content (AvgIpc) is 3.42. The lowest BCUT2D eigenvalue weighted by atomic mass is 10.2. The van der Waals surface area contributed by atoms with Crippen molar-refractivity contribution < 1.29 is 17.5 Å². The van der Waals surface area contributed by atoms with Crippen LogP contribution in [0, 0.1) is 12.7 Å². The Bertz CT molecular complexity index is 1110. The van der Waals surface area contributed by atoms with Crippen molar-refractivity contribution in [3.05, 3.63) is 83.7 Å². The van der Waals surface area contributed by atoms with Crippen molar-refractivity contribution in [1.82, 2.24) is 13.9 Å². The van der Waals surface area contributed by atoms with E-state index in [0.717, 1.165) is 24.0 Å². The molecule has 2 aromatic carbocycles. The van der Waals surface area contributed by atoms with E-state index < -0.39 is 10.0 Å². The minimum absolute atomic E-state index is 0.124. The molecule has 6 nitrogen and oxygen atoms in total. The van der Waals surface area contributed by atoms with Gasteiger partial charge < -0.3 is 9.30 Å². The van der Waals surface area contributed by atoms with Gasteiger partial charge in [0.05, 0.1) is 17.5 Å². The van der Waals surface area contributed by atoms with Crippen molar-refractivity contribution in [3.63, 3.8) is 0 Å². The number of aromatic nitrogens is 2. The number of imidazole rings is 1. The van der Waals surface area contributed by atoms with Gasteiger partial charge in [-0.3, -0.25) is 0 Å². The predicted molar refractivity (Wildman–Crippen MR) is 115 cm³/mol. The highest BCUT2D eigenvalue weighted by Crippen LogP contribution is 2.23. The average molecular weight is 444 g/mol. The van der Waals surface area contributed by atoms with Crippen LogP contribution in [-0.4, -0.2) is 41.5 Å². The van der Waals surface area contributed by atoms with E-state index in [1.54, 1.807) is 48.8 Å². The molecule has 0 saturated carbocycles. The highest BCUT2D eigenvalue weighted by atomic mass is 32.2. The third-order valence-corrected chi connectivity index (χ3v) is 7.30. The quantitative estimate of drug-likeness (QED) is 0.532. The highest BCUT2D eigenvalue weighted by molar-refractivity contribution is 7.89. The van der Waals surface area contributed by atoms with Crippen LogP contribution in [0.4, 0.5) is 4.39 Å². The van der Waals surface area contributed by atoms with E-state index in [0.29, 0.717) is 19.0 Å². The second-order valence-electron chi connectivity index (χ2n) is 7.84. The van der Waals surface area contributed by atoms with E-state index >= 15 is 0 Å². The molecule has 0 N–H and O–H groups in total. The molecule has 0 aliphatic carbocycles. The maximum absolute atomic E-state index is 13.5. The fourth-order valence-electron chi connectivity index (χ4n) is 3.70. The van der Waals surface area contributed by atoms with Crippen LogP contribution in [-0.2, 0) is 27.8 Å².